The van der Waals surface area contributed by atoms with Crippen LogP contribution in [0.15, 0.2) is 30.3 Å². The van der Waals surface area contributed by atoms with Gasteiger partial charge >= 0.3 is 6.18 Å². The second kappa shape index (κ2) is 6.03. The van der Waals surface area contributed by atoms with E-state index in [1.165, 1.54) is 6.07 Å². The van der Waals surface area contributed by atoms with Crippen LogP contribution in [0.4, 0.5) is 24.7 Å². The van der Waals surface area contributed by atoms with Crippen LogP contribution in [0.2, 0.25) is 0 Å². The van der Waals surface area contributed by atoms with E-state index in [4.69, 9.17) is 0 Å². The fourth-order valence-corrected chi connectivity index (χ4v) is 3.42. The number of nitrogens with zero attached hydrogens (tertiary/aromatic N) is 2. The van der Waals surface area contributed by atoms with Gasteiger partial charge in [0, 0.05) is 17.8 Å². The average molecular weight is 364 g/mol. The van der Waals surface area contributed by atoms with E-state index in [9.17, 15) is 18.0 Å². The van der Waals surface area contributed by atoms with Crippen molar-refractivity contribution in [3.05, 3.63) is 41.6 Å². The maximum absolute atomic E-state index is 13.5. The zero-order valence-electron chi connectivity index (χ0n) is 14.2. The molecule has 2 N–H and O–H groups in total. The molecule has 1 amide bonds. The smallest absolute Gasteiger partial charge is 0.367 e. The minimum absolute atomic E-state index is 0.0264. The van der Waals surface area contributed by atoms with E-state index in [0.29, 0.717) is 5.69 Å². The minimum atomic E-state index is -4.40. The van der Waals surface area contributed by atoms with Crippen molar-refractivity contribution in [2.24, 2.45) is 5.92 Å². The van der Waals surface area contributed by atoms with E-state index in [2.05, 4.69) is 15.7 Å². The molecule has 1 aliphatic carbocycles. The number of halogens is 3. The van der Waals surface area contributed by atoms with Crippen LogP contribution < -0.4 is 10.6 Å². The number of carbonyl (C=O) groups excluding carboxylic acids is 1. The Bertz CT molecular complexity index is 841. The number of rotatable bonds is 3. The average Bonchev–Trinajstić information content (AvgIpc) is 3.34. The standard InChI is InChI=1S/C18H19F3N4O/c1-10-4-2-3-5-12(10)23-17(26)14-9-16-22-13(11-6-7-11)8-15(18(19,20)21)25(16)24-14/h2-5,9,11,13,15,22H,6-8H2,1H3,(H,23,26). The maximum Gasteiger partial charge on any atom is 0.410 e. The normalized spacial score (nSPS) is 22.5. The first-order valence-electron chi connectivity index (χ1n) is 8.62. The van der Waals surface area contributed by atoms with Crippen LogP contribution in [0.5, 0.6) is 0 Å². The number of hydrogen-bond acceptors (Lipinski definition) is 3. The third-order valence-electron chi connectivity index (χ3n) is 5.04. The van der Waals surface area contributed by atoms with Crippen molar-refractivity contribution in [2.75, 3.05) is 10.6 Å². The lowest BCUT2D eigenvalue weighted by Crippen LogP contribution is -2.40. The van der Waals surface area contributed by atoms with Crippen molar-refractivity contribution >= 4 is 17.4 Å². The van der Waals surface area contributed by atoms with E-state index < -0.39 is 18.1 Å². The van der Waals surface area contributed by atoms with Gasteiger partial charge in [-0.25, -0.2) is 4.68 Å². The SMILES string of the molecule is Cc1ccccc1NC(=O)c1cc2n(n1)C(C(F)(F)F)CC(C1CC1)N2. The van der Waals surface area contributed by atoms with Gasteiger partial charge in [-0.3, -0.25) is 4.79 Å². The summed E-state index contributed by atoms with van der Waals surface area (Å²) in [6.07, 6.45) is -2.57. The largest absolute Gasteiger partial charge is 0.410 e. The van der Waals surface area contributed by atoms with Gasteiger partial charge in [0.15, 0.2) is 11.7 Å². The van der Waals surface area contributed by atoms with Gasteiger partial charge in [-0.15, -0.1) is 0 Å². The van der Waals surface area contributed by atoms with E-state index >= 15 is 0 Å². The van der Waals surface area contributed by atoms with E-state index in [1.54, 1.807) is 12.1 Å². The van der Waals surface area contributed by atoms with Crippen molar-refractivity contribution in [1.29, 1.82) is 0 Å². The Labute approximate surface area is 148 Å². The lowest BCUT2D eigenvalue weighted by molar-refractivity contribution is -0.174. The number of nitrogens with one attached hydrogen (secondary N) is 2. The summed E-state index contributed by atoms with van der Waals surface area (Å²) >= 11 is 0. The summed E-state index contributed by atoms with van der Waals surface area (Å²) in [5, 5.41) is 9.80. The van der Waals surface area contributed by atoms with Crippen LogP contribution >= 0.6 is 0 Å². The first-order chi connectivity index (χ1) is 12.3. The molecular weight excluding hydrogens is 345 g/mol. The molecule has 0 radical (unpaired) electrons. The first-order valence-corrected chi connectivity index (χ1v) is 8.62. The number of fused-ring (bicyclic) bond motifs is 1. The van der Waals surface area contributed by atoms with Gasteiger partial charge in [0.25, 0.3) is 5.91 Å². The molecule has 138 valence electrons. The summed E-state index contributed by atoms with van der Waals surface area (Å²) in [6, 6.07) is 6.68. The van der Waals surface area contributed by atoms with Gasteiger partial charge in [-0.2, -0.15) is 18.3 Å². The molecule has 2 heterocycles. The van der Waals surface area contributed by atoms with Crippen LogP contribution in [0.1, 0.15) is 41.4 Å². The molecule has 1 aromatic heterocycles. The number of aryl methyl sites for hydroxylation is 1. The van der Waals surface area contributed by atoms with Crippen LogP contribution in [0, 0.1) is 12.8 Å². The van der Waals surface area contributed by atoms with Gasteiger partial charge in [0.1, 0.15) is 5.82 Å². The predicted octanol–water partition coefficient (Wildman–Crippen LogP) is 4.14. The van der Waals surface area contributed by atoms with Gasteiger partial charge < -0.3 is 10.6 Å². The predicted molar refractivity (Wildman–Crippen MR) is 91.2 cm³/mol. The second-order valence-electron chi connectivity index (χ2n) is 7.01. The molecule has 4 rings (SSSR count). The highest BCUT2D eigenvalue weighted by molar-refractivity contribution is 6.03. The highest BCUT2D eigenvalue weighted by Crippen LogP contribution is 2.45. The summed E-state index contributed by atoms with van der Waals surface area (Å²) in [5.41, 5.74) is 1.45. The number of aromatic nitrogens is 2. The highest BCUT2D eigenvalue weighted by atomic mass is 19.4. The van der Waals surface area contributed by atoms with Crippen molar-refractivity contribution in [3.8, 4) is 0 Å². The Balaban J connectivity index is 1.62. The molecule has 2 unspecified atom stereocenters. The Morgan fingerprint density at radius 2 is 2.04 bits per heavy atom. The van der Waals surface area contributed by atoms with E-state index in [0.717, 1.165) is 23.1 Å². The number of hydrogen-bond donors (Lipinski definition) is 2. The molecule has 5 nitrogen and oxygen atoms in total. The van der Waals surface area contributed by atoms with Gasteiger partial charge in [-0.1, -0.05) is 18.2 Å². The Kier molecular flexibility index (Phi) is 3.93. The zero-order valence-corrected chi connectivity index (χ0v) is 14.2. The molecule has 1 aliphatic heterocycles. The lowest BCUT2D eigenvalue weighted by atomic mass is 10.0. The Morgan fingerprint density at radius 1 is 1.31 bits per heavy atom. The lowest BCUT2D eigenvalue weighted by Gasteiger charge is -2.33. The fraction of sp³-hybridized carbons (Fsp3) is 0.444. The zero-order chi connectivity index (χ0) is 18.5. The second-order valence-corrected chi connectivity index (χ2v) is 7.01. The molecule has 0 bridgehead atoms. The number of amides is 1. The Hall–Kier alpha value is -2.51. The molecule has 2 aromatic rings. The Morgan fingerprint density at radius 3 is 2.69 bits per heavy atom. The molecule has 2 aliphatic rings. The number of para-hydroxylation sites is 1. The molecule has 0 saturated heterocycles. The molecule has 1 aromatic carbocycles. The minimum Gasteiger partial charge on any atom is -0.367 e. The number of benzene rings is 1. The van der Waals surface area contributed by atoms with Crippen LogP contribution in [-0.2, 0) is 0 Å². The summed E-state index contributed by atoms with van der Waals surface area (Å²) in [6.45, 7) is 1.84. The number of alkyl halides is 3. The number of carbonyl (C=O) groups is 1. The molecular formula is C18H19F3N4O. The molecule has 0 spiro atoms. The summed E-state index contributed by atoms with van der Waals surface area (Å²) in [5.74, 6) is 0.00468. The topological polar surface area (TPSA) is 59.0 Å². The summed E-state index contributed by atoms with van der Waals surface area (Å²) in [4.78, 5) is 12.5. The van der Waals surface area contributed by atoms with E-state index in [-0.39, 0.29) is 29.9 Å². The molecule has 2 atom stereocenters. The molecule has 26 heavy (non-hydrogen) atoms. The van der Waals surface area contributed by atoms with Crippen molar-refractivity contribution < 1.29 is 18.0 Å². The van der Waals surface area contributed by atoms with Crippen LogP contribution in [-0.4, -0.2) is 27.9 Å². The summed E-state index contributed by atoms with van der Waals surface area (Å²) in [7, 11) is 0. The number of anilines is 2. The molecule has 8 heteroatoms. The first kappa shape index (κ1) is 16.9. The molecule has 1 saturated carbocycles. The van der Waals surface area contributed by atoms with Crippen LogP contribution in [0.3, 0.4) is 0 Å². The van der Waals surface area contributed by atoms with Gasteiger partial charge in [-0.05, 0) is 43.7 Å². The third kappa shape index (κ3) is 3.15. The van der Waals surface area contributed by atoms with Crippen molar-refractivity contribution in [2.45, 2.75) is 44.4 Å². The van der Waals surface area contributed by atoms with Crippen LogP contribution in [0.25, 0.3) is 0 Å². The van der Waals surface area contributed by atoms with Gasteiger partial charge in [0.05, 0.1) is 0 Å². The third-order valence-corrected chi connectivity index (χ3v) is 5.04. The van der Waals surface area contributed by atoms with Gasteiger partial charge in [0.2, 0.25) is 0 Å². The summed E-state index contributed by atoms with van der Waals surface area (Å²) < 4.78 is 41.4. The highest BCUT2D eigenvalue weighted by Gasteiger charge is 2.49. The van der Waals surface area contributed by atoms with E-state index in [1.807, 2.05) is 19.1 Å². The maximum atomic E-state index is 13.5. The van der Waals surface area contributed by atoms with Crippen molar-refractivity contribution in [1.82, 2.24) is 9.78 Å². The monoisotopic (exact) mass is 364 g/mol. The fourth-order valence-electron chi connectivity index (χ4n) is 3.42. The van der Waals surface area contributed by atoms with Crippen molar-refractivity contribution in [3.63, 3.8) is 0 Å². The molecule has 1 fully saturated rings. The quantitative estimate of drug-likeness (QED) is 0.861.